The maximum absolute atomic E-state index is 6.24. The molecule has 2 N–H and O–H groups in total. The van der Waals surface area contributed by atoms with Crippen molar-refractivity contribution in [3.63, 3.8) is 0 Å². The predicted molar refractivity (Wildman–Crippen MR) is 122 cm³/mol. The molecule has 3 aromatic rings. The van der Waals surface area contributed by atoms with E-state index in [0.29, 0.717) is 12.5 Å². The number of ether oxygens (including phenoxy) is 2. The van der Waals surface area contributed by atoms with Gasteiger partial charge in [0.1, 0.15) is 30.1 Å². The molecular weight excluding hydrogens is 402 g/mol. The number of benzene rings is 1. The third kappa shape index (κ3) is 3.10. The number of nitrogens with one attached hydrogen (secondary N) is 2. The summed E-state index contributed by atoms with van der Waals surface area (Å²) in [4.78, 5) is 15.3. The third-order valence-corrected chi connectivity index (χ3v) is 7.80. The lowest BCUT2D eigenvalue weighted by atomic mass is 9.94. The van der Waals surface area contributed by atoms with Crippen molar-refractivity contribution in [1.82, 2.24) is 19.9 Å². The fraction of sp³-hybridized carbons (Fsp3) is 0.520. The summed E-state index contributed by atoms with van der Waals surface area (Å²) in [5, 5.41) is 4.90. The van der Waals surface area contributed by atoms with Crippen LogP contribution in [0.2, 0.25) is 0 Å². The minimum Gasteiger partial charge on any atom is -0.491 e. The number of anilines is 1. The standard InChI is InChI=1S/C25H29N5O2/c1-2-5-21-17(4-1)22(20(13-31-21)30-10-9-25(14-30)8-3-11-32-25)29-24-18-12-19(16-6-7-16)28-23(18)26-15-27-24/h1-2,4-5,12,15-16,20,22H,3,6-11,13-14H2,(H2,26,27,28,29)/t20?,22-,25?/m0/s1. The molecule has 0 amide bonds. The molecule has 2 unspecified atom stereocenters. The van der Waals surface area contributed by atoms with Crippen LogP contribution in [-0.2, 0) is 4.74 Å². The Kier molecular flexibility index (Phi) is 4.24. The van der Waals surface area contributed by atoms with Gasteiger partial charge in [-0.3, -0.25) is 4.90 Å². The average Bonchev–Trinajstić information content (AvgIpc) is 3.22. The van der Waals surface area contributed by atoms with Gasteiger partial charge in [0.05, 0.1) is 23.1 Å². The van der Waals surface area contributed by atoms with Gasteiger partial charge in [0.2, 0.25) is 0 Å². The Labute approximate surface area is 187 Å². The van der Waals surface area contributed by atoms with Gasteiger partial charge in [-0.05, 0) is 50.2 Å². The maximum atomic E-state index is 6.24. The predicted octanol–water partition coefficient (Wildman–Crippen LogP) is 4.00. The minimum absolute atomic E-state index is 0.0451. The van der Waals surface area contributed by atoms with Gasteiger partial charge < -0.3 is 19.8 Å². The number of para-hydroxylation sites is 1. The summed E-state index contributed by atoms with van der Waals surface area (Å²) in [5.74, 6) is 2.52. The Bertz CT molecular complexity index is 1150. The topological polar surface area (TPSA) is 75.3 Å². The van der Waals surface area contributed by atoms with E-state index in [9.17, 15) is 0 Å². The van der Waals surface area contributed by atoms with Gasteiger partial charge in [-0.2, -0.15) is 0 Å². The normalized spacial score (nSPS) is 30.0. The van der Waals surface area contributed by atoms with Crippen molar-refractivity contribution < 1.29 is 9.47 Å². The van der Waals surface area contributed by atoms with Gasteiger partial charge >= 0.3 is 0 Å². The van der Waals surface area contributed by atoms with Crippen LogP contribution in [0.3, 0.4) is 0 Å². The summed E-state index contributed by atoms with van der Waals surface area (Å²) < 4.78 is 12.4. The smallest absolute Gasteiger partial charge is 0.143 e. The van der Waals surface area contributed by atoms with Crippen LogP contribution in [0.15, 0.2) is 36.7 Å². The van der Waals surface area contributed by atoms with Crippen molar-refractivity contribution in [3.05, 3.63) is 47.9 Å². The first-order valence-corrected chi connectivity index (χ1v) is 12.0. The molecule has 1 aromatic carbocycles. The highest BCUT2D eigenvalue weighted by Crippen LogP contribution is 2.43. The molecule has 0 radical (unpaired) electrons. The number of hydrogen-bond acceptors (Lipinski definition) is 6. The van der Waals surface area contributed by atoms with Crippen molar-refractivity contribution in [2.75, 3.05) is 31.6 Å². The first kappa shape index (κ1) is 18.9. The Morgan fingerprint density at radius 3 is 2.97 bits per heavy atom. The van der Waals surface area contributed by atoms with Crippen LogP contribution in [-0.4, -0.2) is 57.8 Å². The summed E-state index contributed by atoms with van der Waals surface area (Å²) in [6.07, 6.45) is 7.64. The lowest BCUT2D eigenvalue weighted by Gasteiger charge is -2.40. The molecule has 1 aliphatic carbocycles. The summed E-state index contributed by atoms with van der Waals surface area (Å²) in [5.41, 5.74) is 3.44. The summed E-state index contributed by atoms with van der Waals surface area (Å²) in [6, 6.07) is 11.0. The van der Waals surface area contributed by atoms with E-state index in [1.165, 1.54) is 36.9 Å². The zero-order valence-corrected chi connectivity index (χ0v) is 18.2. The van der Waals surface area contributed by atoms with Crippen LogP contribution in [0, 0.1) is 0 Å². The van der Waals surface area contributed by atoms with E-state index in [4.69, 9.17) is 9.47 Å². The molecule has 166 valence electrons. The van der Waals surface area contributed by atoms with Crippen LogP contribution in [0.4, 0.5) is 5.82 Å². The number of hydrogen-bond donors (Lipinski definition) is 2. The Balaban J connectivity index is 1.24. The van der Waals surface area contributed by atoms with Crippen LogP contribution in [0.25, 0.3) is 11.0 Å². The average molecular weight is 432 g/mol. The molecule has 7 nitrogen and oxygen atoms in total. The Morgan fingerprint density at radius 2 is 2.09 bits per heavy atom. The van der Waals surface area contributed by atoms with Gasteiger partial charge in [0.15, 0.2) is 0 Å². The van der Waals surface area contributed by atoms with Crippen LogP contribution >= 0.6 is 0 Å². The lowest BCUT2D eigenvalue weighted by Crippen LogP contribution is -2.48. The number of aromatic amines is 1. The first-order chi connectivity index (χ1) is 15.8. The van der Waals surface area contributed by atoms with Gasteiger partial charge in [-0.25, -0.2) is 9.97 Å². The number of aromatic nitrogens is 3. The quantitative estimate of drug-likeness (QED) is 0.650. The number of rotatable bonds is 4. The van der Waals surface area contributed by atoms with Crippen molar-refractivity contribution in [2.45, 2.75) is 55.7 Å². The molecule has 3 fully saturated rings. The zero-order valence-electron chi connectivity index (χ0n) is 18.2. The molecule has 5 heterocycles. The van der Waals surface area contributed by atoms with Gasteiger partial charge in [0, 0.05) is 31.0 Å². The Hall–Kier alpha value is -2.64. The van der Waals surface area contributed by atoms with E-state index >= 15 is 0 Å². The molecule has 3 atom stereocenters. The summed E-state index contributed by atoms with van der Waals surface area (Å²) >= 11 is 0. The second-order valence-electron chi connectivity index (χ2n) is 9.88. The molecule has 3 aliphatic heterocycles. The van der Waals surface area contributed by atoms with Crippen LogP contribution in [0.5, 0.6) is 5.75 Å². The highest BCUT2D eigenvalue weighted by atomic mass is 16.5. The Morgan fingerprint density at radius 1 is 1.16 bits per heavy atom. The summed E-state index contributed by atoms with van der Waals surface area (Å²) in [7, 11) is 0. The molecule has 2 aromatic heterocycles. The van der Waals surface area contributed by atoms with Crippen molar-refractivity contribution in [3.8, 4) is 5.75 Å². The molecule has 1 saturated carbocycles. The zero-order chi connectivity index (χ0) is 21.1. The number of likely N-dealkylation sites (tertiary alicyclic amines) is 1. The molecule has 2 saturated heterocycles. The molecule has 1 spiro atoms. The lowest BCUT2D eigenvalue weighted by molar-refractivity contribution is 0.00442. The van der Waals surface area contributed by atoms with Crippen molar-refractivity contribution in [2.24, 2.45) is 0 Å². The van der Waals surface area contributed by atoms with Gasteiger partial charge in [-0.15, -0.1) is 0 Å². The molecule has 32 heavy (non-hydrogen) atoms. The fourth-order valence-corrected chi connectivity index (χ4v) is 5.91. The van der Waals surface area contributed by atoms with Crippen molar-refractivity contribution >= 4 is 16.9 Å². The van der Waals surface area contributed by atoms with Gasteiger partial charge in [0.25, 0.3) is 0 Å². The van der Waals surface area contributed by atoms with Crippen LogP contribution in [0.1, 0.15) is 55.3 Å². The third-order valence-electron chi connectivity index (χ3n) is 7.80. The highest BCUT2D eigenvalue weighted by Gasteiger charge is 2.46. The minimum atomic E-state index is 0.0451. The molecule has 4 aliphatic rings. The highest BCUT2D eigenvalue weighted by molar-refractivity contribution is 5.88. The van der Waals surface area contributed by atoms with Crippen LogP contribution < -0.4 is 10.1 Å². The van der Waals surface area contributed by atoms with E-state index in [0.717, 1.165) is 48.7 Å². The van der Waals surface area contributed by atoms with E-state index in [1.807, 2.05) is 6.07 Å². The van der Waals surface area contributed by atoms with Crippen molar-refractivity contribution in [1.29, 1.82) is 0 Å². The fourth-order valence-electron chi connectivity index (χ4n) is 5.91. The van der Waals surface area contributed by atoms with Gasteiger partial charge in [-0.1, -0.05) is 18.2 Å². The molecule has 7 rings (SSSR count). The number of fused-ring (bicyclic) bond motifs is 2. The summed E-state index contributed by atoms with van der Waals surface area (Å²) in [6.45, 7) is 3.59. The largest absolute Gasteiger partial charge is 0.491 e. The molecule has 7 heteroatoms. The van der Waals surface area contributed by atoms with E-state index in [2.05, 4.69) is 49.4 Å². The second-order valence-corrected chi connectivity index (χ2v) is 9.88. The van der Waals surface area contributed by atoms with E-state index in [1.54, 1.807) is 6.33 Å². The number of nitrogens with zero attached hydrogens (tertiary/aromatic N) is 3. The number of H-pyrrole nitrogens is 1. The monoisotopic (exact) mass is 431 g/mol. The first-order valence-electron chi connectivity index (χ1n) is 12.0. The molecule has 0 bridgehead atoms. The van der Waals surface area contributed by atoms with E-state index in [-0.39, 0.29) is 17.7 Å². The molecular formula is C25H29N5O2. The van der Waals surface area contributed by atoms with E-state index < -0.39 is 0 Å². The second kappa shape index (κ2) is 7.18. The SMILES string of the molecule is c1ccc2c(c1)OCC(N1CCC3(CCCO3)C1)[C@H]2Nc1ncnc2[nH]c(C3CC3)cc12. The maximum Gasteiger partial charge on any atom is 0.143 e.